The highest BCUT2D eigenvalue weighted by molar-refractivity contribution is 9.10. The summed E-state index contributed by atoms with van der Waals surface area (Å²) in [7, 11) is 0. The molecule has 0 aliphatic heterocycles. The summed E-state index contributed by atoms with van der Waals surface area (Å²) in [5.74, 6) is 0.505. The fraction of sp³-hybridized carbons (Fsp3) is 0.455. The molecule has 0 aliphatic rings. The van der Waals surface area contributed by atoms with E-state index in [1.54, 1.807) is 0 Å². The van der Waals surface area contributed by atoms with E-state index in [1.807, 2.05) is 13.8 Å². The fourth-order valence-electron chi connectivity index (χ4n) is 1.25. The minimum Gasteiger partial charge on any atom is -0.491 e. The normalized spacial score (nSPS) is 10.3. The van der Waals surface area contributed by atoms with Crippen molar-refractivity contribution >= 4 is 21.6 Å². The predicted octanol–water partition coefficient (Wildman–Crippen LogP) is 3.08. The Labute approximate surface area is 108 Å². The number of non-ortho nitro benzene ring substituents is 1. The summed E-state index contributed by atoms with van der Waals surface area (Å²) in [6.07, 6.45) is 0. The molecule has 0 bridgehead atoms. The van der Waals surface area contributed by atoms with Crippen LogP contribution in [-0.4, -0.2) is 24.7 Å². The summed E-state index contributed by atoms with van der Waals surface area (Å²) in [6.45, 7) is 5.21. The van der Waals surface area contributed by atoms with Crippen molar-refractivity contribution in [3.8, 4) is 5.75 Å². The molecule has 0 saturated carbocycles. The number of nitrogens with zero attached hydrogens (tertiary/aromatic N) is 1. The smallest absolute Gasteiger partial charge is 0.274 e. The molecule has 0 spiro atoms. The van der Waals surface area contributed by atoms with Gasteiger partial charge >= 0.3 is 0 Å². The quantitative estimate of drug-likeness (QED) is 0.460. The number of rotatable bonds is 6. The average Bonchev–Trinajstić information content (AvgIpc) is 2.29. The molecule has 0 heterocycles. The lowest BCUT2D eigenvalue weighted by Gasteiger charge is -2.10. The van der Waals surface area contributed by atoms with E-state index in [0.29, 0.717) is 30.0 Å². The van der Waals surface area contributed by atoms with Crippen LogP contribution in [0.15, 0.2) is 16.6 Å². The Morgan fingerprint density at radius 2 is 2.12 bits per heavy atom. The Balaban J connectivity index is 2.79. The summed E-state index contributed by atoms with van der Waals surface area (Å²) >= 11 is 3.27. The molecule has 5 nitrogen and oxygen atoms in total. The van der Waals surface area contributed by atoms with Gasteiger partial charge in [-0.05, 0) is 13.8 Å². The van der Waals surface area contributed by atoms with Gasteiger partial charge in [-0.2, -0.15) is 0 Å². The van der Waals surface area contributed by atoms with Crippen molar-refractivity contribution < 1.29 is 14.4 Å². The van der Waals surface area contributed by atoms with Gasteiger partial charge in [-0.1, -0.05) is 15.9 Å². The molecule has 0 fully saturated rings. The second-order valence-corrected chi connectivity index (χ2v) is 4.21. The van der Waals surface area contributed by atoms with Crippen LogP contribution in [0.4, 0.5) is 5.69 Å². The first-order valence-electron chi connectivity index (χ1n) is 5.21. The van der Waals surface area contributed by atoms with Gasteiger partial charge in [-0.25, -0.2) is 0 Å². The Kier molecular flexibility index (Phi) is 5.37. The largest absolute Gasteiger partial charge is 0.491 e. The summed E-state index contributed by atoms with van der Waals surface area (Å²) in [5.41, 5.74) is 0.848. The van der Waals surface area contributed by atoms with Crippen molar-refractivity contribution in [3.05, 3.63) is 32.3 Å². The van der Waals surface area contributed by atoms with Gasteiger partial charge in [0.1, 0.15) is 12.4 Å². The molecule has 6 heteroatoms. The zero-order valence-electron chi connectivity index (χ0n) is 9.73. The first-order valence-corrected chi connectivity index (χ1v) is 6.00. The van der Waals surface area contributed by atoms with Crippen LogP contribution in [0.1, 0.15) is 12.5 Å². The highest BCUT2D eigenvalue weighted by Crippen LogP contribution is 2.31. The van der Waals surface area contributed by atoms with Crippen LogP contribution in [0.25, 0.3) is 0 Å². The van der Waals surface area contributed by atoms with Gasteiger partial charge in [0.05, 0.1) is 17.6 Å². The highest BCUT2D eigenvalue weighted by atomic mass is 79.9. The van der Waals surface area contributed by atoms with Crippen LogP contribution in [0.3, 0.4) is 0 Å². The number of ether oxygens (including phenoxy) is 2. The number of hydrogen-bond acceptors (Lipinski definition) is 4. The Morgan fingerprint density at radius 1 is 1.41 bits per heavy atom. The molecule has 0 saturated heterocycles. The first kappa shape index (κ1) is 13.9. The van der Waals surface area contributed by atoms with Gasteiger partial charge in [0.15, 0.2) is 0 Å². The molecule has 1 aromatic rings. The number of hydrogen-bond donors (Lipinski definition) is 0. The minimum absolute atomic E-state index is 0.00823. The minimum atomic E-state index is -0.445. The molecule has 17 heavy (non-hydrogen) atoms. The molecule has 0 N–H and O–H groups in total. The van der Waals surface area contributed by atoms with Crippen LogP contribution in [0.5, 0.6) is 5.75 Å². The highest BCUT2D eigenvalue weighted by Gasteiger charge is 2.13. The van der Waals surface area contributed by atoms with Crippen molar-refractivity contribution in [1.82, 2.24) is 0 Å². The van der Waals surface area contributed by atoms with Crippen molar-refractivity contribution in [2.24, 2.45) is 0 Å². The topological polar surface area (TPSA) is 61.6 Å². The SMILES string of the molecule is CCOCCOc1cc([N+](=O)[O-])cc(Br)c1C. The van der Waals surface area contributed by atoms with Gasteiger partial charge in [-0.15, -0.1) is 0 Å². The molecule has 0 unspecified atom stereocenters. The maximum atomic E-state index is 10.7. The van der Waals surface area contributed by atoms with Crippen LogP contribution in [-0.2, 0) is 4.74 Å². The van der Waals surface area contributed by atoms with E-state index in [0.717, 1.165) is 5.56 Å². The lowest BCUT2D eigenvalue weighted by atomic mass is 10.2. The van der Waals surface area contributed by atoms with Crippen molar-refractivity contribution in [1.29, 1.82) is 0 Å². The van der Waals surface area contributed by atoms with E-state index in [4.69, 9.17) is 9.47 Å². The molecule has 0 amide bonds. The van der Waals surface area contributed by atoms with Crippen molar-refractivity contribution in [2.75, 3.05) is 19.8 Å². The molecule has 1 rings (SSSR count). The molecular formula is C11H14BrNO4. The summed E-state index contributed by atoms with van der Waals surface area (Å²) in [4.78, 5) is 10.3. The third-order valence-corrected chi connectivity index (χ3v) is 3.01. The first-order chi connectivity index (χ1) is 8.06. The van der Waals surface area contributed by atoms with E-state index in [2.05, 4.69) is 15.9 Å². The molecule has 1 aromatic carbocycles. The van der Waals surface area contributed by atoms with Crippen LogP contribution in [0, 0.1) is 17.0 Å². The van der Waals surface area contributed by atoms with E-state index in [-0.39, 0.29) is 5.69 Å². The second kappa shape index (κ2) is 6.56. The van der Waals surface area contributed by atoms with Crippen LogP contribution < -0.4 is 4.74 Å². The van der Waals surface area contributed by atoms with Gasteiger partial charge in [-0.3, -0.25) is 10.1 Å². The Morgan fingerprint density at radius 3 is 2.71 bits per heavy atom. The zero-order valence-corrected chi connectivity index (χ0v) is 11.3. The number of nitro groups is 1. The van der Waals surface area contributed by atoms with Gasteiger partial charge in [0.2, 0.25) is 0 Å². The number of halogens is 1. The molecule has 0 radical (unpaired) electrons. The van der Waals surface area contributed by atoms with E-state index < -0.39 is 4.92 Å². The lowest BCUT2D eigenvalue weighted by molar-refractivity contribution is -0.385. The van der Waals surface area contributed by atoms with Crippen molar-refractivity contribution in [2.45, 2.75) is 13.8 Å². The molecule has 0 aromatic heterocycles. The van der Waals surface area contributed by atoms with Gasteiger partial charge < -0.3 is 9.47 Å². The van der Waals surface area contributed by atoms with E-state index in [9.17, 15) is 10.1 Å². The van der Waals surface area contributed by atoms with Crippen LogP contribution >= 0.6 is 15.9 Å². The fourth-order valence-corrected chi connectivity index (χ4v) is 1.68. The maximum Gasteiger partial charge on any atom is 0.274 e. The number of nitro benzene ring substituents is 1. The Bertz CT molecular complexity index is 409. The predicted molar refractivity (Wildman–Crippen MR) is 67.5 cm³/mol. The molecular weight excluding hydrogens is 290 g/mol. The number of benzene rings is 1. The maximum absolute atomic E-state index is 10.7. The monoisotopic (exact) mass is 303 g/mol. The third-order valence-electron chi connectivity index (χ3n) is 2.18. The molecule has 94 valence electrons. The van der Waals surface area contributed by atoms with E-state index >= 15 is 0 Å². The summed E-state index contributed by atoms with van der Waals surface area (Å²) in [5, 5.41) is 10.7. The van der Waals surface area contributed by atoms with E-state index in [1.165, 1.54) is 12.1 Å². The Hall–Kier alpha value is -1.14. The third kappa shape index (κ3) is 3.98. The summed E-state index contributed by atoms with van der Waals surface area (Å²) in [6, 6.07) is 2.89. The molecule has 0 atom stereocenters. The van der Waals surface area contributed by atoms with Gasteiger partial charge in [0, 0.05) is 22.7 Å². The average molecular weight is 304 g/mol. The summed E-state index contributed by atoms with van der Waals surface area (Å²) < 4.78 is 11.2. The lowest BCUT2D eigenvalue weighted by Crippen LogP contribution is -2.07. The van der Waals surface area contributed by atoms with Crippen molar-refractivity contribution in [3.63, 3.8) is 0 Å². The van der Waals surface area contributed by atoms with Gasteiger partial charge in [0.25, 0.3) is 5.69 Å². The zero-order chi connectivity index (χ0) is 12.8. The molecule has 0 aliphatic carbocycles. The van der Waals surface area contributed by atoms with Crippen LogP contribution in [0.2, 0.25) is 0 Å². The second-order valence-electron chi connectivity index (χ2n) is 3.35. The standard InChI is InChI=1S/C11H14BrNO4/c1-3-16-4-5-17-11-7-9(13(14)15)6-10(12)8(11)2/h6-7H,3-5H2,1-2H3.